The molecule has 4 rings (SSSR count). The van der Waals surface area contributed by atoms with Gasteiger partial charge in [-0.3, -0.25) is 4.98 Å². The smallest absolute Gasteiger partial charge is 0.170 e. The molecule has 1 saturated heterocycles. The number of nitrogens with one attached hydrogen (secondary N) is 1. The van der Waals surface area contributed by atoms with Gasteiger partial charge in [0.15, 0.2) is 5.11 Å². The molecule has 0 saturated carbocycles. The van der Waals surface area contributed by atoms with Crippen LogP contribution in [-0.2, 0) is 0 Å². The van der Waals surface area contributed by atoms with Crippen LogP contribution in [0.25, 0.3) is 5.82 Å². The van der Waals surface area contributed by atoms with E-state index in [1.54, 1.807) is 0 Å². The molecule has 0 bridgehead atoms. The molecule has 1 aliphatic heterocycles. The monoisotopic (exact) mass is 405 g/mol. The van der Waals surface area contributed by atoms with E-state index < -0.39 is 0 Å². The highest BCUT2D eigenvalue weighted by atomic mass is 32.1. The SMILES string of the molecule is Cc1ccc(-n2c(C)cc([C@@H]3[C@H](c4ccccn4)NC(=S)N3C(C)C)c2C)nc1. The predicted molar refractivity (Wildman–Crippen MR) is 120 cm³/mol. The number of rotatable bonds is 4. The Morgan fingerprint density at radius 2 is 1.86 bits per heavy atom. The lowest BCUT2D eigenvalue weighted by Gasteiger charge is -2.31. The van der Waals surface area contributed by atoms with E-state index in [1.165, 1.54) is 11.3 Å². The maximum atomic E-state index is 5.73. The first-order valence-electron chi connectivity index (χ1n) is 10.00. The van der Waals surface area contributed by atoms with Crippen LogP contribution in [0.2, 0.25) is 0 Å². The van der Waals surface area contributed by atoms with Gasteiger partial charge in [-0.15, -0.1) is 0 Å². The number of aromatic nitrogens is 3. The van der Waals surface area contributed by atoms with Gasteiger partial charge in [0, 0.05) is 29.8 Å². The van der Waals surface area contributed by atoms with E-state index in [-0.39, 0.29) is 18.1 Å². The Bertz CT molecular complexity index is 1020. The molecular weight excluding hydrogens is 378 g/mol. The highest BCUT2D eigenvalue weighted by molar-refractivity contribution is 7.80. The van der Waals surface area contributed by atoms with E-state index >= 15 is 0 Å². The van der Waals surface area contributed by atoms with Crippen LogP contribution in [0.15, 0.2) is 48.8 Å². The van der Waals surface area contributed by atoms with E-state index in [2.05, 4.69) is 83.6 Å². The lowest BCUT2D eigenvalue weighted by molar-refractivity contribution is 0.269. The lowest BCUT2D eigenvalue weighted by atomic mass is 9.96. The number of aryl methyl sites for hydroxylation is 2. The molecule has 6 heteroatoms. The number of thiocarbonyl (C=S) groups is 1. The predicted octanol–water partition coefficient (Wildman–Crippen LogP) is 4.57. The summed E-state index contributed by atoms with van der Waals surface area (Å²) in [6, 6.07) is 12.8. The third-order valence-corrected chi connectivity index (χ3v) is 5.93. The summed E-state index contributed by atoms with van der Waals surface area (Å²) in [6.07, 6.45) is 3.76. The second-order valence-corrected chi connectivity index (χ2v) is 8.37. The van der Waals surface area contributed by atoms with E-state index in [0.29, 0.717) is 0 Å². The summed E-state index contributed by atoms with van der Waals surface area (Å²) in [4.78, 5) is 11.6. The first kappa shape index (κ1) is 19.6. The average molecular weight is 406 g/mol. The summed E-state index contributed by atoms with van der Waals surface area (Å²) in [5, 5.41) is 4.30. The second kappa shape index (κ2) is 7.59. The quantitative estimate of drug-likeness (QED) is 0.644. The number of hydrogen-bond donors (Lipinski definition) is 1. The van der Waals surface area contributed by atoms with Crippen molar-refractivity contribution in [1.82, 2.24) is 24.8 Å². The van der Waals surface area contributed by atoms with Crippen molar-refractivity contribution in [1.29, 1.82) is 0 Å². The molecule has 2 atom stereocenters. The Morgan fingerprint density at radius 3 is 2.48 bits per heavy atom. The largest absolute Gasteiger partial charge is 0.352 e. The van der Waals surface area contributed by atoms with Gasteiger partial charge >= 0.3 is 0 Å². The molecule has 4 heterocycles. The molecule has 0 unspecified atom stereocenters. The fourth-order valence-corrected chi connectivity index (χ4v) is 4.74. The molecule has 0 aromatic carbocycles. The van der Waals surface area contributed by atoms with Gasteiger partial charge in [-0.25, -0.2) is 4.98 Å². The van der Waals surface area contributed by atoms with Gasteiger partial charge in [0.25, 0.3) is 0 Å². The van der Waals surface area contributed by atoms with Crippen LogP contribution < -0.4 is 5.32 Å². The van der Waals surface area contributed by atoms with Crippen molar-refractivity contribution in [3.63, 3.8) is 0 Å². The van der Waals surface area contributed by atoms with Crippen LogP contribution in [0, 0.1) is 20.8 Å². The molecule has 3 aromatic heterocycles. The Morgan fingerprint density at radius 1 is 1.07 bits per heavy atom. The van der Waals surface area contributed by atoms with Gasteiger partial charge in [-0.05, 0) is 82.2 Å². The Hall–Kier alpha value is -2.73. The normalized spacial score (nSPS) is 19.1. The molecule has 0 radical (unpaired) electrons. The molecular formula is C23H27N5S. The Kier molecular flexibility index (Phi) is 5.13. The van der Waals surface area contributed by atoms with Crippen LogP contribution in [0.4, 0.5) is 0 Å². The fourth-order valence-electron chi connectivity index (χ4n) is 4.29. The summed E-state index contributed by atoms with van der Waals surface area (Å²) >= 11 is 5.73. The number of pyridine rings is 2. The minimum Gasteiger partial charge on any atom is -0.352 e. The van der Waals surface area contributed by atoms with E-state index in [9.17, 15) is 0 Å². The molecule has 1 fully saturated rings. The van der Waals surface area contributed by atoms with Crippen LogP contribution in [0.3, 0.4) is 0 Å². The lowest BCUT2D eigenvalue weighted by Crippen LogP contribution is -2.35. The first-order valence-corrected chi connectivity index (χ1v) is 10.4. The zero-order valence-corrected chi connectivity index (χ0v) is 18.4. The van der Waals surface area contributed by atoms with E-state index in [1.807, 2.05) is 24.5 Å². The van der Waals surface area contributed by atoms with Crippen molar-refractivity contribution >= 4 is 17.3 Å². The van der Waals surface area contributed by atoms with Crippen molar-refractivity contribution in [2.45, 2.75) is 52.7 Å². The van der Waals surface area contributed by atoms with Crippen molar-refractivity contribution in [3.05, 3.63) is 77.0 Å². The van der Waals surface area contributed by atoms with Crippen molar-refractivity contribution in [2.24, 2.45) is 0 Å². The summed E-state index contributed by atoms with van der Waals surface area (Å²) in [5.74, 6) is 0.941. The molecule has 5 nitrogen and oxygen atoms in total. The Balaban J connectivity index is 1.85. The third-order valence-electron chi connectivity index (χ3n) is 5.61. The average Bonchev–Trinajstić information content (AvgIpc) is 3.19. The zero-order valence-electron chi connectivity index (χ0n) is 17.5. The molecule has 29 heavy (non-hydrogen) atoms. The number of hydrogen-bond acceptors (Lipinski definition) is 3. The highest BCUT2D eigenvalue weighted by Crippen LogP contribution is 2.42. The van der Waals surface area contributed by atoms with Crippen molar-refractivity contribution in [2.75, 3.05) is 0 Å². The molecule has 0 aliphatic carbocycles. The summed E-state index contributed by atoms with van der Waals surface area (Å²) < 4.78 is 2.23. The summed E-state index contributed by atoms with van der Waals surface area (Å²) in [6.45, 7) is 10.7. The zero-order chi connectivity index (χ0) is 20.7. The van der Waals surface area contributed by atoms with Crippen LogP contribution in [0.1, 0.15) is 54.1 Å². The van der Waals surface area contributed by atoms with Crippen LogP contribution in [0.5, 0.6) is 0 Å². The molecule has 0 spiro atoms. The van der Waals surface area contributed by atoms with Gasteiger partial charge in [0.05, 0.1) is 17.8 Å². The molecule has 1 aliphatic rings. The van der Waals surface area contributed by atoms with Crippen molar-refractivity contribution < 1.29 is 0 Å². The Labute approximate surface area is 177 Å². The maximum Gasteiger partial charge on any atom is 0.170 e. The van der Waals surface area contributed by atoms with Gasteiger partial charge in [0.2, 0.25) is 0 Å². The second-order valence-electron chi connectivity index (χ2n) is 7.98. The topological polar surface area (TPSA) is 46.0 Å². The first-order chi connectivity index (χ1) is 13.9. The van der Waals surface area contributed by atoms with E-state index in [0.717, 1.165) is 27.9 Å². The van der Waals surface area contributed by atoms with Crippen LogP contribution in [-0.4, -0.2) is 30.6 Å². The van der Waals surface area contributed by atoms with Gasteiger partial charge in [-0.1, -0.05) is 12.1 Å². The van der Waals surface area contributed by atoms with Crippen molar-refractivity contribution in [3.8, 4) is 5.82 Å². The van der Waals surface area contributed by atoms with Gasteiger partial charge < -0.3 is 14.8 Å². The molecule has 0 amide bonds. The third kappa shape index (κ3) is 3.42. The highest BCUT2D eigenvalue weighted by Gasteiger charge is 2.42. The maximum absolute atomic E-state index is 5.73. The standard InChI is InChI=1S/C23H27N5S/c1-14(2)27-22(21(26-23(27)29)19-8-6-7-11-24-19)18-12-16(4)28(17(18)5)20-10-9-15(3)13-25-20/h6-14,21-22H,1-5H3,(H,26,29)/t21-,22+/m0/s1. The molecule has 3 aromatic rings. The fraction of sp³-hybridized carbons (Fsp3) is 0.348. The van der Waals surface area contributed by atoms with E-state index in [4.69, 9.17) is 12.2 Å². The van der Waals surface area contributed by atoms with Gasteiger partial charge in [0.1, 0.15) is 5.82 Å². The molecule has 1 N–H and O–H groups in total. The number of nitrogens with zero attached hydrogens (tertiary/aromatic N) is 4. The van der Waals surface area contributed by atoms with Gasteiger partial charge in [-0.2, -0.15) is 0 Å². The molecule has 150 valence electrons. The summed E-state index contributed by atoms with van der Waals surface area (Å²) in [7, 11) is 0. The van der Waals surface area contributed by atoms with Crippen LogP contribution >= 0.6 is 12.2 Å². The minimum absolute atomic E-state index is 0.00558. The minimum atomic E-state index is 0.00558. The summed E-state index contributed by atoms with van der Waals surface area (Å²) in [5.41, 5.74) is 5.75.